The molecule has 0 saturated carbocycles. The van der Waals surface area contributed by atoms with Gasteiger partial charge < -0.3 is 33.7 Å². The number of nitrogens with zero attached hydrogens (tertiary/aromatic N) is 6. The van der Waals surface area contributed by atoms with Crippen LogP contribution in [0, 0.1) is 5.41 Å². The Morgan fingerprint density at radius 3 is 2.70 bits per heavy atom. The van der Waals surface area contributed by atoms with E-state index in [-0.39, 0.29) is 25.2 Å². The first-order chi connectivity index (χ1) is 30.1. The Morgan fingerprint density at radius 1 is 1.10 bits per heavy atom. The minimum Gasteiger partial charge on any atom is -0.464 e. The van der Waals surface area contributed by atoms with E-state index in [0.29, 0.717) is 38.4 Å². The Kier molecular flexibility index (Phi) is 13.2. The van der Waals surface area contributed by atoms with Crippen molar-refractivity contribution in [2.24, 2.45) is 5.41 Å². The van der Waals surface area contributed by atoms with Crippen LogP contribution in [0.25, 0.3) is 27.7 Å². The summed E-state index contributed by atoms with van der Waals surface area (Å²) in [6, 6.07) is 7.80. The molecule has 3 aromatic rings. The van der Waals surface area contributed by atoms with Crippen LogP contribution in [0.5, 0.6) is 0 Å². The van der Waals surface area contributed by atoms with Crippen LogP contribution in [-0.4, -0.2) is 145 Å². The van der Waals surface area contributed by atoms with E-state index in [4.69, 9.17) is 23.9 Å². The Balaban J connectivity index is 1.23. The fourth-order valence-corrected chi connectivity index (χ4v) is 9.95. The maximum Gasteiger partial charge on any atom is 0.408 e. The van der Waals surface area contributed by atoms with Gasteiger partial charge in [-0.25, -0.2) is 10.2 Å². The molecule has 3 fully saturated rings. The van der Waals surface area contributed by atoms with Gasteiger partial charge in [0.1, 0.15) is 17.7 Å². The highest BCUT2D eigenvalue weighted by Gasteiger charge is 2.37. The van der Waals surface area contributed by atoms with Crippen molar-refractivity contribution in [1.29, 1.82) is 0 Å². The number of benzene rings is 1. The third-order valence-corrected chi connectivity index (χ3v) is 13.2. The zero-order chi connectivity index (χ0) is 44.6. The summed E-state index contributed by atoms with van der Waals surface area (Å²) >= 11 is 0. The number of morpholine rings is 1. The van der Waals surface area contributed by atoms with Crippen LogP contribution in [0.3, 0.4) is 0 Å². The highest BCUT2D eigenvalue weighted by atomic mass is 16.6. The van der Waals surface area contributed by atoms with Gasteiger partial charge in [-0.15, -0.1) is 0 Å². The number of pyridine rings is 1. The number of cyclic esters (lactones) is 1. The van der Waals surface area contributed by atoms with Gasteiger partial charge in [-0.1, -0.05) is 26.0 Å². The lowest BCUT2D eigenvalue weighted by molar-refractivity contribution is -0.155. The van der Waals surface area contributed by atoms with E-state index in [1.165, 1.54) is 10.6 Å². The molecular formula is C48H68N8O7. The summed E-state index contributed by atoms with van der Waals surface area (Å²) in [5, 5.41) is 5.50. The molecule has 342 valence electrons. The van der Waals surface area contributed by atoms with Crippen LogP contribution < -0.4 is 15.6 Å². The first kappa shape index (κ1) is 45.0. The van der Waals surface area contributed by atoms with Crippen LogP contribution in [0.15, 0.2) is 36.5 Å². The zero-order valence-corrected chi connectivity index (χ0v) is 38.6. The molecule has 1 unspecified atom stereocenters. The minimum atomic E-state index is -0.914. The number of alkyl carbamates (subject to hydrolysis) is 1. The van der Waals surface area contributed by atoms with E-state index in [1.807, 2.05) is 6.20 Å². The molecule has 2 amide bonds. The average molecular weight is 869 g/mol. The molecule has 7 heterocycles. The fraction of sp³-hybridized carbons (Fsp3) is 0.625. The third-order valence-electron chi connectivity index (χ3n) is 13.2. The van der Waals surface area contributed by atoms with Crippen molar-refractivity contribution >= 4 is 40.1 Å². The summed E-state index contributed by atoms with van der Waals surface area (Å²) in [5.74, 6) is -0.722. The van der Waals surface area contributed by atoms with E-state index in [1.54, 1.807) is 27.9 Å². The van der Waals surface area contributed by atoms with Crippen LogP contribution >= 0.6 is 0 Å². The van der Waals surface area contributed by atoms with Gasteiger partial charge in [0, 0.05) is 87.9 Å². The van der Waals surface area contributed by atoms with Gasteiger partial charge in [0.25, 0.3) is 5.91 Å². The summed E-state index contributed by atoms with van der Waals surface area (Å²) < 4.78 is 26.1. The average Bonchev–Trinajstić information content (AvgIpc) is 3.57. The number of hydrogen-bond donors (Lipinski definition) is 2. The summed E-state index contributed by atoms with van der Waals surface area (Å²) in [5.41, 5.74) is 10.6. The summed E-state index contributed by atoms with van der Waals surface area (Å²) in [7, 11) is 1.73. The van der Waals surface area contributed by atoms with E-state index >= 15 is 0 Å². The first-order valence-electron chi connectivity index (χ1n) is 23.0. The molecule has 5 aliphatic rings. The Bertz CT molecular complexity index is 2210. The van der Waals surface area contributed by atoms with Crippen molar-refractivity contribution in [3.8, 4) is 11.3 Å². The summed E-state index contributed by atoms with van der Waals surface area (Å²) in [6.45, 7) is 22.1. The molecule has 0 radical (unpaired) electrons. The van der Waals surface area contributed by atoms with Gasteiger partial charge in [0.15, 0.2) is 0 Å². The number of amides is 2. The van der Waals surface area contributed by atoms with Crippen molar-refractivity contribution in [3.63, 3.8) is 0 Å². The molecule has 15 nitrogen and oxygen atoms in total. The Hall–Kier alpha value is -4.54. The summed E-state index contributed by atoms with van der Waals surface area (Å²) in [4.78, 5) is 53.8. The number of fused-ring (bicyclic) bond motifs is 7. The molecule has 1 aromatic carbocycles. The SMILES string of the molecule is CCn1c(-c2cc(N3CCN4CCOC[C@@H]4C3)cnc2[C@H](C)OC)c2c3cc(ccc31)C1=CCCN(C1)C[C@H](NC(=O)OC(C)(C)C)C(=O)N1CCC[C@H](N1)C(=O)OCC(C)(C)C2. The molecule has 5 atom stereocenters. The van der Waals surface area contributed by atoms with Gasteiger partial charge >= 0.3 is 12.1 Å². The highest BCUT2D eigenvalue weighted by Crippen LogP contribution is 2.43. The fourth-order valence-electron chi connectivity index (χ4n) is 9.95. The molecule has 63 heavy (non-hydrogen) atoms. The lowest BCUT2D eigenvalue weighted by atomic mass is 9.84. The van der Waals surface area contributed by atoms with Gasteiger partial charge in [-0.2, -0.15) is 0 Å². The standard InChI is InChI=1S/C48H68N8O7/c1-9-55-41-15-14-32-22-36(41)38(43(55)37-23-34(25-49-42(37)31(2)60-8)54-19-18-53-20-21-61-29-35(53)27-54)24-48(6,7)30-62-45(58)39-13-11-17-56(51-39)44(57)40(50-46(59)63-47(3,4)5)28-52-16-10-12-33(32)26-52/h12,14-15,22-23,25,31,35,39-40,51H,9-11,13,16-21,24,26-30H2,1-8H3,(H,50,59)/t31-,35-,39-,40-/m0/s1. The van der Waals surface area contributed by atoms with Gasteiger partial charge in [-0.05, 0) is 95.2 Å². The zero-order valence-electron chi connectivity index (χ0n) is 38.6. The predicted molar refractivity (Wildman–Crippen MR) is 243 cm³/mol. The number of aryl methyl sites for hydroxylation is 1. The molecular weight excluding hydrogens is 801 g/mol. The molecule has 8 rings (SSSR count). The van der Waals surface area contributed by atoms with E-state index < -0.39 is 35.2 Å². The Labute approximate surface area is 372 Å². The van der Waals surface area contributed by atoms with Gasteiger partial charge in [0.2, 0.25) is 0 Å². The lowest BCUT2D eigenvalue weighted by Crippen LogP contribution is -2.62. The molecule has 3 saturated heterocycles. The van der Waals surface area contributed by atoms with Crippen molar-refractivity contribution in [2.75, 3.05) is 84.2 Å². The van der Waals surface area contributed by atoms with E-state index in [0.717, 1.165) is 104 Å². The second kappa shape index (κ2) is 18.5. The second-order valence-corrected chi connectivity index (χ2v) is 19.7. The van der Waals surface area contributed by atoms with Crippen LogP contribution in [0.4, 0.5) is 10.5 Å². The number of nitrogens with one attached hydrogen (secondary N) is 2. The molecule has 2 N–H and O–H groups in total. The number of hydrogen-bond acceptors (Lipinski definition) is 12. The number of methoxy groups -OCH3 is 1. The van der Waals surface area contributed by atoms with Crippen LogP contribution in [-0.2, 0) is 41.5 Å². The number of esters is 1. The van der Waals surface area contributed by atoms with E-state index in [9.17, 15) is 14.4 Å². The van der Waals surface area contributed by atoms with Crippen molar-refractivity contribution in [2.45, 2.75) is 111 Å². The molecule has 0 aliphatic carbocycles. The second-order valence-electron chi connectivity index (χ2n) is 19.7. The van der Waals surface area contributed by atoms with Gasteiger partial charge in [0.05, 0.1) is 55.2 Å². The minimum absolute atomic E-state index is 0.173. The smallest absolute Gasteiger partial charge is 0.408 e. The number of hydrazine groups is 1. The van der Waals surface area contributed by atoms with Crippen molar-refractivity contribution < 1.29 is 33.3 Å². The molecule has 0 spiro atoms. The molecule has 6 bridgehead atoms. The quantitative estimate of drug-likeness (QED) is 0.300. The van der Waals surface area contributed by atoms with Crippen LogP contribution in [0.2, 0.25) is 0 Å². The number of carbonyl (C=O) groups is 3. The number of anilines is 1. The molecule has 15 heteroatoms. The van der Waals surface area contributed by atoms with Crippen molar-refractivity contribution in [1.82, 2.24) is 35.1 Å². The monoisotopic (exact) mass is 869 g/mol. The largest absolute Gasteiger partial charge is 0.464 e. The van der Waals surface area contributed by atoms with Crippen LogP contribution in [0.1, 0.15) is 90.7 Å². The lowest BCUT2D eigenvalue weighted by Gasteiger charge is -2.44. The Morgan fingerprint density at radius 2 is 1.92 bits per heavy atom. The first-order valence-corrected chi connectivity index (χ1v) is 23.0. The van der Waals surface area contributed by atoms with Gasteiger partial charge in [-0.3, -0.25) is 29.4 Å². The number of ether oxygens (including phenoxy) is 4. The summed E-state index contributed by atoms with van der Waals surface area (Å²) in [6.07, 6.45) is 5.92. The highest BCUT2D eigenvalue weighted by molar-refractivity contribution is 5.95. The number of piperazine rings is 1. The third kappa shape index (κ3) is 9.92. The molecule has 2 aromatic heterocycles. The number of rotatable bonds is 6. The predicted octanol–water partition coefficient (Wildman–Crippen LogP) is 5.55. The molecule has 5 aliphatic heterocycles. The number of carbonyl (C=O) groups excluding carboxylic acids is 3. The van der Waals surface area contributed by atoms with E-state index in [2.05, 4.69) is 88.0 Å². The normalized spacial score (nSPS) is 25.4. The maximum atomic E-state index is 14.3. The topological polar surface area (TPSA) is 143 Å². The number of aromatic nitrogens is 2. The maximum absolute atomic E-state index is 14.3. The van der Waals surface area contributed by atoms with Crippen molar-refractivity contribution in [3.05, 3.63) is 53.4 Å².